The van der Waals surface area contributed by atoms with Crippen LogP contribution in [0.1, 0.15) is 5.56 Å². The Hall–Kier alpha value is -3.36. The molecular weight excluding hydrogens is 442 g/mol. The van der Waals surface area contributed by atoms with E-state index in [1.54, 1.807) is 18.2 Å². The maximum atomic E-state index is 13.3. The number of amides is 1. The topological polar surface area (TPSA) is 91.9 Å². The van der Waals surface area contributed by atoms with Gasteiger partial charge in [0.05, 0.1) is 10.6 Å². The van der Waals surface area contributed by atoms with Gasteiger partial charge in [0.15, 0.2) is 5.03 Å². The summed E-state index contributed by atoms with van der Waals surface area (Å²) in [6.07, 6.45) is 0. The highest BCUT2D eigenvalue weighted by Crippen LogP contribution is 2.32. The largest absolute Gasteiger partial charge is 0.328 e. The molecule has 32 heavy (non-hydrogen) atoms. The van der Waals surface area contributed by atoms with Gasteiger partial charge in [-0.15, -0.1) is 0 Å². The average molecular weight is 464 g/mol. The minimum atomic E-state index is -3.84. The van der Waals surface area contributed by atoms with Crippen molar-refractivity contribution in [3.63, 3.8) is 0 Å². The fourth-order valence-electron chi connectivity index (χ4n) is 3.13. The van der Waals surface area contributed by atoms with Crippen LogP contribution in [0.3, 0.4) is 0 Å². The molecule has 6 nitrogen and oxygen atoms in total. The number of aromatic amines is 1. The van der Waals surface area contributed by atoms with Gasteiger partial charge >= 0.3 is 0 Å². The number of benzene rings is 3. The Morgan fingerprint density at radius 1 is 0.969 bits per heavy atom. The van der Waals surface area contributed by atoms with E-state index in [9.17, 15) is 13.2 Å². The van der Waals surface area contributed by atoms with Crippen molar-refractivity contribution < 1.29 is 13.2 Å². The molecule has 0 fully saturated rings. The minimum Gasteiger partial charge on any atom is -0.328 e. The molecule has 3 aromatic carbocycles. The molecule has 0 radical (unpaired) electrons. The van der Waals surface area contributed by atoms with Gasteiger partial charge in [0.25, 0.3) is 0 Å². The second-order valence-corrected chi connectivity index (χ2v) is 9.96. The van der Waals surface area contributed by atoms with Gasteiger partial charge in [0.1, 0.15) is 10.9 Å². The number of hydrogen-bond donors (Lipinski definition) is 2. The van der Waals surface area contributed by atoms with Crippen molar-refractivity contribution in [2.75, 3.05) is 11.1 Å². The number of anilines is 1. The summed E-state index contributed by atoms with van der Waals surface area (Å²) in [6.45, 7) is 1.94. The lowest BCUT2D eigenvalue weighted by Crippen LogP contribution is -2.14. The number of nitrogens with one attached hydrogen (secondary N) is 2. The van der Waals surface area contributed by atoms with Crippen molar-refractivity contribution in [3.8, 4) is 11.4 Å². The number of sulfone groups is 1. The van der Waals surface area contributed by atoms with E-state index in [0.29, 0.717) is 11.5 Å². The molecule has 4 rings (SSSR count). The predicted octanol–water partition coefficient (Wildman–Crippen LogP) is 4.95. The number of imidazole rings is 1. The highest BCUT2D eigenvalue weighted by molar-refractivity contribution is 8.00. The van der Waals surface area contributed by atoms with Gasteiger partial charge < -0.3 is 10.3 Å². The Labute approximate surface area is 191 Å². The molecule has 0 aliphatic heterocycles. The van der Waals surface area contributed by atoms with Gasteiger partial charge in [0.2, 0.25) is 15.7 Å². The van der Waals surface area contributed by atoms with Crippen LogP contribution in [-0.4, -0.2) is 30.0 Å². The summed E-state index contributed by atoms with van der Waals surface area (Å²) >= 11 is 1.08. The van der Waals surface area contributed by atoms with Crippen molar-refractivity contribution in [2.45, 2.75) is 21.9 Å². The average Bonchev–Trinajstić information content (AvgIpc) is 3.24. The third-order valence-electron chi connectivity index (χ3n) is 4.65. The van der Waals surface area contributed by atoms with Crippen molar-refractivity contribution >= 4 is 33.2 Å². The first-order valence-electron chi connectivity index (χ1n) is 9.88. The Balaban J connectivity index is 1.63. The molecule has 0 saturated heterocycles. The quantitative estimate of drug-likeness (QED) is 0.379. The summed E-state index contributed by atoms with van der Waals surface area (Å²) < 4.78 is 26.6. The van der Waals surface area contributed by atoms with Gasteiger partial charge in [-0.3, -0.25) is 4.79 Å². The van der Waals surface area contributed by atoms with Crippen LogP contribution in [0.4, 0.5) is 5.69 Å². The van der Waals surface area contributed by atoms with Crippen LogP contribution >= 0.6 is 11.8 Å². The predicted molar refractivity (Wildman–Crippen MR) is 126 cm³/mol. The third kappa shape index (κ3) is 4.92. The fraction of sp³-hybridized carbons (Fsp3) is 0.0833. The Morgan fingerprint density at radius 3 is 2.34 bits per heavy atom. The lowest BCUT2D eigenvalue weighted by molar-refractivity contribution is -0.113. The highest BCUT2D eigenvalue weighted by atomic mass is 32.2. The maximum Gasteiger partial charge on any atom is 0.234 e. The van der Waals surface area contributed by atoms with E-state index in [0.717, 1.165) is 22.9 Å². The normalized spacial score (nSPS) is 11.3. The monoisotopic (exact) mass is 463 g/mol. The maximum absolute atomic E-state index is 13.3. The number of carbonyl (C=O) groups is 1. The first kappa shape index (κ1) is 21.9. The molecule has 0 saturated carbocycles. The Morgan fingerprint density at radius 2 is 1.66 bits per heavy atom. The van der Waals surface area contributed by atoms with Gasteiger partial charge in [0, 0.05) is 11.3 Å². The lowest BCUT2D eigenvalue weighted by atomic mass is 10.2. The zero-order valence-corrected chi connectivity index (χ0v) is 18.9. The standard InChI is InChI=1S/C24H21N3O3S2/c1-17-9-8-12-19(15-17)25-21(28)16-31-23-24(32(29,30)20-13-6-3-7-14-20)27-22(26-23)18-10-4-2-5-11-18/h2-15H,16H2,1H3,(H,25,28)(H,26,27). The molecule has 0 unspecified atom stereocenters. The second-order valence-electron chi connectivity index (χ2n) is 7.11. The van der Waals surface area contributed by atoms with Gasteiger partial charge in [-0.1, -0.05) is 72.4 Å². The van der Waals surface area contributed by atoms with Crippen LogP contribution in [-0.2, 0) is 14.6 Å². The number of H-pyrrole nitrogens is 1. The van der Waals surface area contributed by atoms with Gasteiger partial charge in [-0.05, 0) is 36.8 Å². The smallest absolute Gasteiger partial charge is 0.234 e. The number of nitrogens with zero attached hydrogens (tertiary/aromatic N) is 1. The lowest BCUT2D eigenvalue weighted by Gasteiger charge is -2.07. The number of rotatable bonds is 7. The van der Waals surface area contributed by atoms with Crippen LogP contribution in [0, 0.1) is 6.92 Å². The molecule has 1 aromatic heterocycles. The molecule has 0 bridgehead atoms. The van der Waals surface area contributed by atoms with E-state index in [4.69, 9.17) is 0 Å². The fourth-order valence-corrected chi connectivity index (χ4v) is 5.57. The van der Waals surface area contributed by atoms with Crippen molar-refractivity contribution in [2.24, 2.45) is 0 Å². The van der Waals surface area contributed by atoms with Crippen LogP contribution in [0.2, 0.25) is 0 Å². The molecule has 162 valence electrons. The number of carbonyl (C=O) groups excluding carboxylic acids is 1. The number of thioether (sulfide) groups is 1. The van der Waals surface area contributed by atoms with Gasteiger partial charge in [-0.25, -0.2) is 13.4 Å². The number of aryl methyl sites for hydroxylation is 1. The molecule has 1 heterocycles. The van der Waals surface area contributed by atoms with E-state index in [2.05, 4.69) is 15.3 Å². The van der Waals surface area contributed by atoms with E-state index in [-0.39, 0.29) is 26.6 Å². The summed E-state index contributed by atoms with van der Waals surface area (Å²) in [5.41, 5.74) is 2.49. The van der Waals surface area contributed by atoms with E-state index in [1.807, 2.05) is 61.5 Å². The van der Waals surface area contributed by atoms with E-state index >= 15 is 0 Å². The van der Waals surface area contributed by atoms with Crippen molar-refractivity contribution in [1.29, 1.82) is 0 Å². The Kier molecular flexibility index (Phi) is 6.43. The SMILES string of the molecule is Cc1cccc(NC(=O)CSc2nc(-c3ccccc3)[nH]c2S(=O)(=O)c2ccccc2)c1. The van der Waals surface area contributed by atoms with Crippen LogP contribution in [0.25, 0.3) is 11.4 Å². The molecule has 1 amide bonds. The van der Waals surface area contributed by atoms with Crippen molar-refractivity contribution in [1.82, 2.24) is 9.97 Å². The zero-order chi connectivity index (χ0) is 22.6. The molecule has 0 atom stereocenters. The number of hydrogen-bond acceptors (Lipinski definition) is 5. The molecule has 0 spiro atoms. The summed E-state index contributed by atoms with van der Waals surface area (Å²) in [6, 6.07) is 24.9. The van der Waals surface area contributed by atoms with Crippen LogP contribution in [0.15, 0.2) is 99.9 Å². The number of aromatic nitrogens is 2. The van der Waals surface area contributed by atoms with E-state index in [1.165, 1.54) is 12.1 Å². The molecule has 8 heteroatoms. The summed E-state index contributed by atoms with van der Waals surface area (Å²) in [7, 11) is -3.84. The summed E-state index contributed by atoms with van der Waals surface area (Å²) in [5, 5.41) is 3.07. The third-order valence-corrected chi connectivity index (χ3v) is 7.48. The Bertz CT molecular complexity index is 1340. The molecule has 0 aliphatic carbocycles. The molecule has 0 aliphatic rings. The highest BCUT2D eigenvalue weighted by Gasteiger charge is 2.26. The molecular formula is C24H21N3O3S2. The van der Waals surface area contributed by atoms with Crippen LogP contribution in [0.5, 0.6) is 0 Å². The first-order valence-corrected chi connectivity index (χ1v) is 12.4. The van der Waals surface area contributed by atoms with E-state index < -0.39 is 9.84 Å². The van der Waals surface area contributed by atoms with Gasteiger partial charge in [-0.2, -0.15) is 0 Å². The first-order chi connectivity index (χ1) is 15.4. The summed E-state index contributed by atoms with van der Waals surface area (Å²) in [5.74, 6) is 0.208. The molecule has 4 aromatic rings. The second kappa shape index (κ2) is 9.42. The minimum absolute atomic E-state index is 0.0177. The molecule has 2 N–H and O–H groups in total. The summed E-state index contributed by atoms with van der Waals surface area (Å²) in [4.78, 5) is 20.1. The zero-order valence-electron chi connectivity index (χ0n) is 17.3. The van der Waals surface area contributed by atoms with Crippen LogP contribution < -0.4 is 5.32 Å². The van der Waals surface area contributed by atoms with Crippen molar-refractivity contribution in [3.05, 3.63) is 90.5 Å².